The average molecular weight is 322 g/mol. The van der Waals surface area contributed by atoms with Crippen molar-refractivity contribution in [3.63, 3.8) is 0 Å². The molecule has 2 aliphatic carbocycles. The molecule has 0 aromatic heterocycles. The predicted molar refractivity (Wildman–Crippen MR) is 94.3 cm³/mol. The van der Waals surface area contributed by atoms with Gasteiger partial charge in [0.05, 0.1) is 7.11 Å². The van der Waals surface area contributed by atoms with Crippen LogP contribution in [0.1, 0.15) is 56.8 Å². The second-order valence-corrected chi connectivity index (χ2v) is 6.43. The largest absolute Gasteiger partial charge is 0.496 e. The molecule has 0 N–H and O–H groups in total. The number of methoxy groups -OCH3 is 1. The van der Waals surface area contributed by atoms with Gasteiger partial charge >= 0.3 is 0 Å². The highest BCUT2D eigenvalue weighted by Gasteiger charge is 2.17. The first kappa shape index (κ1) is 16.4. The first-order valence-electron chi connectivity index (χ1n) is 8.33. The summed E-state index contributed by atoms with van der Waals surface area (Å²) < 4.78 is 5.66. The van der Waals surface area contributed by atoms with Gasteiger partial charge in [-0.3, -0.25) is 9.59 Å². The molecule has 0 saturated carbocycles. The van der Waals surface area contributed by atoms with Gasteiger partial charge < -0.3 is 4.74 Å². The summed E-state index contributed by atoms with van der Waals surface area (Å²) in [6, 6.07) is 10.1. The second kappa shape index (κ2) is 6.60. The van der Waals surface area contributed by atoms with Crippen LogP contribution in [0.3, 0.4) is 0 Å². The van der Waals surface area contributed by atoms with E-state index in [-0.39, 0.29) is 11.6 Å². The number of carbonyl (C=O) groups is 2. The van der Waals surface area contributed by atoms with Gasteiger partial charge in [0.25, 0.3) is 0 Å². The molecule has 24 heavy (non-hydrogen) atoms. The Morgan fingerprint density at radius 2 is 1.46 bits per heavy atom. The number of aryl methyl sites for hydroxylation is 4. The Balaban J connectivity index is 2.13. The molecule has 3 nitrogen and oxygen atoms in total. The number of rotatable bonds is 3. The smallest absolute Gasteiger partial charge is 0.160 e. The van der Waals surface area contributed by atoms with Gasteiger partial charge in [-0.1, -0.05) is 12.1 Å². The zero-order valence-electron chi connectivity index (χ0n) is 14.4. The van der Waals surface area contributed by atoms with E-state index < -0.39 is 0 Å². The fourth-order valence-electron chi connectivity index (χ4n) is 3.46. The summed E-state index contributed by atoms with van der Waals surface area (Å²) in [5, 5.41) is 0. The third kappa shape index (κ3) is 3.12. The predicted octanol–water partition coefficient (Wildman–Crippen LogP) is 3.98. The van der Waals surface area contributed by atoms with E-state index in [0.717, 1.165) is 64.8 Å². The summed E-state index contributed by atoms with van der Waals surface area (Å²) in [7, 11) is 1.68. The Bertz CT molecular complexity index is 818. The van der Waals surface area contributed by atoms with Crippen LogP contribution in [0.5, 0.6) is 5.75 Å². The summed E-state index contributed by atoms with van der Waals surface area (Å²) in [6.07, 6.45) is 3.11. The third-order valence-corrected chi connectivity index (χ3v) is 4.75. The number of ether oxygens (including phenoxy) is 1. The van der Waals surface area contributed by atoms with Crippen LogP contribution in [0, 0.1) is 0 Å². The van der Waals surface area contributed by atoms with Crippen molar-refractivity contribution < 1.29 is 14.3 Å². The van der Waals surface area contributed by atoms with Crippen molar-refractivity contribution in [3.8, 4) is 5.75 Å². The van der Waals surface area contributed by atoms with Gasteiger partial charge in [0.1, 0.15) is 5.75 Å². The standard InChI is InChI=1S/C21H22O3/c1-13(22)19-11-17-7-5-15-4-6-16(20(10-15)14(2)23)8-9-18(12-19)21(17)24-3/h4,6,10-12H,5,7-9H2,1-3H3. The number of hydrogen-bond donors (Lipinski definition) is 0. The van der Waals surface area contributed by atoms with E-state index in [1.54, 1.807) is 21.0 Å². The molecule has 0 unspecified atom stereocenters. The van der Waals surface area contributed by atoms with Crippen LogP contribution in [0.15, 0.2) is 30.3 Å². The highest BCUT2D eigenvalue weighted by atomic mass is 16.5. The minimum absolute atomic E-state index is 0.0685. The molecule has 4 bridgehead atoms. The van der Waals surface area contributed by atoms with Crippen molar-refractivity contribution >= 4 is 11.6 Å². The Kier molecular flexibility index (Phi) is 4.52. The molecule has 4 rings (SSSR count). The van der Waals surface area contributed by atoms with Gasteiger partial charge in [-0.15, -0.1) is 0 Å². The number of Topliss-reactive ketones (excluding diaryl/α,β-unsaturated/α-hetero) is 2. The minimum atomic E-state index is 0.0685. The topological polar surface area (TPSA) is 43.4 Å². The molecular weight excluding hydrogens is 300 g/mol. The maximum atomic E-state index is 12.0. The molecule has 0 fully saturated rings. The number of carbonyl (C=O) groups excluding carboxylic acids is 2. The number of hydrogen-bond acceptors (Lipinski definition) is 3. The van der Waals surface area contributed by atoms with Crippen LogP contribution < -0.4 is 4.74 Å². The Morgan fingerprint density at radius 3 is 2.04 bits per heavy atom. The monoisotopic (exact) mass is 322 g/mol. The molecule has 0 spiro atoms. The molecule has 2 aromatic rings. The lowest BCUT2D eigenvalue weighted by Gasteiger charge is -2.15. The Hall–Kier alpha value is -2.42. The van der Waals surface area contributed by atoms with Crippen LogP contribution in [0.25, 0.3) is 0 Å². The van der Waals surface area contributed by atoms with Crippen LogP contribution in [0.2, 0.25) is 0 Å². The molecule has 0 heterocycles. The van der Waals surface area contributed by atoms with Crippen molar-refractivity contribution in [2.45, 2.75) is 39.5 Å². The third-order valence-electron chi connectivity index (χ3n) is 4.75. The maximum Gasteiger partial charge on any atom is 0.160 e. The summed E-state index contributed by atoms with van der Waals surface area (Å²) in [5.74, 6) is 1.06. The lowest BCUT2D eigenvalue weighted by molar-refractivity contribution is 0.100. The van der Waals surface area contributed by atoms with Crippen molar-refractivity contribution in [3.05, 3.63) is 63.7 Å². The van der Waals surface area contributed by atoms with Gasteiger partial charge in [-0.05, 0) is 80.0 Å². The molecule has 124 valence electrons. The van der Waals surface area contributed by atoms with Gasteiger partial charge in [0.2, 0.25) is 0 Å². The summed E-state index contributed by atoms with van der Waals surface area (Å²) in [6.45, 7) is 3.22. The van der Waals surface area contributed by atoms with Gasteiger partial charge in [-0.25, -0.2) is 0 Å². The minimum Gasteiger partial charge on any atom is -0.496 e. The fraction of sp³-hybridized carbons (Fsp3) is 0.333. The zero-order valence-corrected chi connectivity index (χ0v) is 14.4. The Morgan fingerprint density at radius 1 is 0.833 bits per heavy atom. The molecule has 0 atom stereocenters. The molecular formula is C21H22O3. The second-order valence-electron chi connectivity index (χ2n) is 6.43. The van der Waals surface area contributed by atoms with E-state index in [4.69, 9.17) is 4.74 Å². The number of fused-ring (bicyclic) bond motifs is 4. The van der Waals surface area contributed by atoms with E-state index in [1.807, 2.05) is 18.2 Å². The Labute approximate surface area is 142 Å². The molecule has 0 radical (unpaired) electrons. The van der Waals surface area contributed by atoms with Crippen molar-refractivity contribution in [1.29, 1.82) is 0 Å². The number of ketones is 2. The molecule has 0 saturated heterocycles. The average Bonchev–Trinajstić information content (AvgIpc) is 2.59. The van der Waals surface area contributed by atoms with Gasteiger partial charge in [0, 0.05) is 11.1 Å². The van der Waals surface area contributed by atoms with E-state index in [9.17, 15) is 9.59 Å². The summed E-state index contributed by atoms with van der Waals surface area (Å²) >= 11 is 0. The lowest BCUT2D eigenvalue weighted by Crippen LogP contribution is -2.05. The van der Waals surface area contributed by atoms with E-state index in [1.165, 1.54) is 0 Å². The molecule has 0 aliphatic heterocycles. The van der Waals surface area contributed by atoms with Crippen molar-refractivity contribution in [1.82, 2.24) is 0 Å². The highest BCUT2D eigenvalue weighted by Crippen LogP contribution is 2.30. The van der Waals surface area contributed by atoms with Crippen molar-refractivity contribution in [2.75, 3.05) is 7.11 Å². The first-order valence-corrected chi connectivity index (χ1v) is 8.33. The molecule has 3 heteroatoms. The first-order chi connectivity index (χ1) is 11.5. The molecule has 0 amide bonds. The number of benzene rings is 2. The maximum absolute atomic E-state index is 12.0. The fourth-order valence-corrected chi connectivity index (χ4v) is 3.46. The molecule has 2 aliphatic rings. The van der Waals surface area contributed by atoms with Crippen LogP contribution >= 0.6 is 0 Å². The SMILES string of the molecule is COc1c2cc(C(C)=O)cc1CCc1ccc(cc1C(C)=O)CC2. The van der Waals surface area contributed by atoms with Gasteiger partial charge in [0.15, 0.2) is 11.6 Å². The normalized spacial score (nSPS) is 13.3. The van der Waals surface area contributed by atoms with E-state index in [0.29, 0.717) is 0 Å². The van der Waals surface area contributed by atoms with E-state index >= 15 is 0 Å². The summed E-state index contributed by atoms with van der Waals surface area (Å²) in [5.41, 5.74) is 5.85. The lowest BCUT2D eigenvalue weighted by atomic mass is 9.95. The van der Waals surface area contributed by atoms with Crippen LogP contribution in [-0.4, -0.2) is 18.7 Å². The van der Waals surface area contributed by atoms with E-state index in [2.05, 4.69) is 12.1 Å². The van der Waals surface area contributed by atoms with Crippen LogP contribution in [-0.2, 0) is 25.7 Å². The van der Waals surface area contributed by atoms with Crippen molar-refractivity contribution in [2.24, 2.45) is 0 Å². The van der Waals surface area contributed by atoms with Gasteiger partial charge in [-0.2, -0.15) is 0 Å². The highest BCUT2D eigenvalue weighted by molar-refractivity contribution is 5.96. The zero-order chi connectivity index (χ0) is 17.3. The van der Waals surface area contributed by atoms with Crippen LogP contribution in [0.4, 0.5) is 0 Å². The molecule has 2 aromatic carbocycles. The quantitative estimate of drug-likeness (QED) is 0.803. The summed E-state index contributed by atoms with van der Waals surface area (Å²) in [4.78, 5) is 23.9.